The molecule has 2 rings (SSSR count). The van der Waals surface area contributed by atoms with Crippen molar-refractivity contribution in [2.45, 2.75) is 4.90 Å². The van der Waals surface area contributed by atoms with Crippen LogP contribution in [0.4, 0.5) is 15.9 Å². The van der Waals surface area contributed by atoms with Crippen molar-refractivity contribution in [3.63, 3.8) is 0 Å². The monoisotopic (exact) mass is 269 g/mol. The molecule has 1 aromatic carbocycles. The molecule has 1 heterocycles. The van der Waals surface area contributed by atoms with Crippen molar-refractivity contribution in [3.8, 4) is 0 Å². The van der Waals surface area contributed by atoms with Crippen LogP contribution >= 0.6 is 23.4 Å². The zero-order chi connectivity index (χ0) is 12.3. The molecule has 0 amide bonds. The first-order chi connectivity index (χ1) is 8.19. The largest absolute Gasteiger partial charge is 0.338 e. The lowest BCUT2D eigenvalue weighted by molar-refractivity contribution is 0.619. The highest BCUT2D eigenvalue weighted by atomic mass is 35.5. The van der Waals surface area contributed by atoms with E-state index in [2.05, 4.69) is 15.3 Å². The summed E-state index contributed by atoms with van der Waals surface area (Å²) in [4.78, 5) is 8.45. The fraction of sp³-hybridized carbons (Fsp3) is 0.0909. The van der Waals surface area contributed by atoms with Crippen molar-refractivity contribution >= 4 is 34.9 Å². The van der Waals surface area contributed by atoms with E-state index in [1.807, 2.05) is 30.5 Å². The molecule has 88 valence electrons. The summed E-state index contributed by atoms with van der Waals surface area (Å²) >= 11 is 7.24. The van der Waals surface area contributed by atoms with Crippen LogP contribution in [0, 0.1) is 5.82 Å². The smallest absolute Gasteiger partial charge is 0.224 e. The second-order valence-electron chi connectivity index (χ2n) is 3.19. The zero-order valence-corrected chi connectivity index (χ0v) is 10.5. The molecular weight excluding hydrogens is 261 g/mol. The van der Waals surface area contributed by atoms with E-state index in [4.69, 9.17) is 11.6 Å². The molecule has 2 aromatic rings. The Morgan fingerprint density at radius 2 is 2.00 bits per heavy atom. The number of hydrogen-bond donors (Lipinski definition) is 1. The molecule has 1 N–H and O–H groups in total. The number of aromatic nitrogens is 2. The Hall–Kier alpha value is -1.33. The minimum absolute atomic E-state index is 0.00892. The van der Waals surface area contributed by atoms with Crippen LogP contribution in [0.25, 0.3) is 0 Å². The maximum Gasteiger partial charge on any atom is 0.224 e. The van der Waals surface area contributed by atoms with Gasteiger partial charge in [-0.15, -0.1) is 11.8 Å². The third kappa shape index (κ3) is 3.08. The molecule has 3 nitrogen and oxygen atoms in total. The zero-order valence-electron chi connectivity index (χ0n) is 8.95. The van der Waals surface area contributed by atoms with Crippen LogP contribution in [-0.2, 0) is 0 Å². The van der Waals surface area contributed by atoms with Crippen LogP contribution in [-0.4, -0.2) is 16.2 Å². The highest BCUT2D eigenvalue weighted by molar-refractivity contribution is 7.98. The lowest BCUT2D eigenvalue weighted by atomic mass is 10.3. The molecule has 0 radical (unpaired) electrons. The maximum absolute atomic E-state index is 13.4. The van der Waals surface area contributed by atoms with Crippen molar-refractivity contribution in [2.75, 3.05) is 11.6 Å². The van der Waals surface area contributed by atoms with Gasteiger partial charge in [0, 0.05) is 10.6 Å². The molecule has 0 saturated carbocycles. The minimum Gasteiger partial charge on any atom is -0.338 e. The van der Waals surface area contributed by atoms with Crippen molar-refractivity contribution in [1.82, 2.24) is 9.97 Å². The van der Waals surface area contributed by atoms with Crippen molar-refractivity contribution in [2.24, 2.45) is 0 Å². The molecule has 0 fully saturated rings. The number of hydrogen-bond acceptors (Lipinski definition) is 4. The summed E-state index contributed by atoms with van der Waals surface area (Å²) < 4.78 is 13.4. The minimum atomic E-state index is -0.539. The fourth-order valence-corrected chi connectivity index (χ4v) is 1.79. The average molecular weight is 270 g/mol. The Balaban J connectivity index is 2.22. The lowest BCUT2D eigenvalue weighted by Crippen LogP contribution is -1.98. The van der Waals surface area contributed by atoms with E-state index in [-0.39, 0.29) is 11.1 Å². The van der Waals surface area contributed by atoms with E-state index in [1.54, 1.807) is 11.8 Å². The predicted octanol–water partition coefficient (Wildman–Crippen LogP) is 3.73. The van der Waals surface area contributed by atoms with Gasteiger partial charge in [-0.25, -0.2) is 9.37 Å². The van der Waals surface area contributed by atoms with E-state index < -0.39 is 5.82 Å². The SMILES string of the molecule is CSc1ccc(Nc2nc(Cl)ncc2F)cc1. The molecule has 0 aliphatic carbocycles. The summed E-state index contributed by atoms with van der Waals surface area (Å²) in [5.41, 5.74) is 0.747. The molecule has 17 heavy (non-hydrogen) atoms. The molecule has 0 aliphatic heterocycles. The van der Waals surface area contributed by atoms with Gasteiger partial charge in [0.25, 0.3) is 0 Å². The average Bonchev–Trinajstić information content (AvgIpc) is 2.35. The number of halogens is 2. The Labute approximate surface area is 107 Å². The van der Waals surface area contributed by atoms with Crippen molar-refractivity contribution in [3.05, 3.63) is 41.6 Å². The molecule has 0 atom stereocenters. The quantitative estimate of drug-likeness (QED) is 0.680. The Bertz CT molecular complexity index is 519. The molecule has 0 saturated heterocycles. The summed E-state index contributed by atoms with van der Waals surface area (Å²) in [5.74, 6) is -0.467. The van der Waals surface area contributed by atoms with Gasteiger partial charge in [0.05, 0.1) is 6.20 Å². The summed E-state index contributed by atoms with van der Waals surface area (Å²) in [7, 11) is 0. The Morgan fingerprint density at radius 1 is 1.29 bits per heavy atom. The molecule has 6 heteroatoms. The standard InChI is InChI=1S/C11H9ClFN3S/c1-17-8-4-2-7(3-5-8)15-10-9(13)6-14-11(12)16-10/h2-6H,1H3,(H,14,15,16). The summed E-state index contributed by atoms with van der Waals surface area (Å²) in [6.07, 6.45) is 3.03. The molecular formula is C11H9ClFN3S. The molecule has 0 spiro atoms. The highest BCUT2D eigenvalue weighted by Crippen LogP contribution is 2.21. The summed E-state index contributed by atoms with van der Waals surface area (Å²) in [6.45, 7) is 0. The van der Waals surface area contributed by atoms with E-state index in [9.17, 15) is 4.39 Å². The van der Waals surface area contributed by atoms with Gasteiger partial charge in [0.2, 0.25) is 5.28 Å². The molecule has 0 aliphatic rings. The maximum atomic E-state index is 13.4. The van der Waals surface area contributed by atoms with E-state index in [0.29, 0.717) is 0 Å². The van der Waals surface area contributed by atoms with Gasteiger partial charge >= 0.3 is 0 Å². The number of rotatable bonds is 3. The number of benzene rings is 1. The number of thioether (sulfide) groups is 1. The predicted molar refractivity (Wildman–Crippen MR) is 68.5 cm³/mol. The van der Waals surface area contributed by atoms with Gasteiger partial charge in [-0.2, -0.15) is 4.98 Å². The van der Waals surface area contributed by atoms with Crippen LogP contribution in [0.15, 0.2) is 35.4 Å². The summed E-state index contributed by atoms with van der Waals surface area (Å²) in [5, 5.41) is 2.85. The third-order valence-corrected chi connectivity index (χ3v) is 2.99. The second kappa shape index (κ2) is 5.33. The topological polar surface area (TPSA) is 37.8 Å². The first-order valence-corrected chi connectivity index (χ1v) is 6.38. The van der Waals surface area contributed by atoms with Crippen molar-refractivity contribution in [1.29, 1.82) is 0 Å². The van der Waals surface area contributed by atoms with Crippen LogP contribution in [0.5, 0.6) is 0 Å². The third-order valence-electron chi connectivity index (χ3n) is 2.07. The normalized spacial score (nSPS) is 10.3. The van der Waals surface area contributed by atoms with Gasteiger partial charge in [-0.05, 0) is 42.1 Å². The number of nitrogens with zero attached hydrogens (tertiary/aromatic N) is 2. The van der Waals surface area contributed by atoms with E-state index >= 15 is 0 Å². The second-order valence-corrected chi connectivity index (χ2v) is 4.41. The molecule has 0 bridgehead atoms. The van der Waals surface area contributed by atoms with Gasteiger partial charge < -0.3 is 5.32 Å². The first-order valence-electron chi connectivity index (χ1n) is 4.78. The first kappa shape index (κ1) is 12.1. The van der Waals surface area contributed by atoms with Gasteiger partial charge in [-0.1, -0.05) is 0 Å². The van der Waals surface area contributed by atoms with Crippen LogP contribution < -0.4 is 5.32 Å². The molecule has 0 unspecified atom stereocenters. The van der Waals surface area contributed by atoms with Crippen LogP contribution in [0.2, 0.25) is 5.28 Å². The van der Waals surface area contributed by atoms with Gasteiger partial charge in [0.1, 0.15) is 0 Å². The van der Waals surface area contributed by atoms with Gasteiger partial charge in [0.15, 0.2) is 11.6 Å². The lowest BCUT2D eigenvalue weighted by Gasteiger charge is -2.06. The summed E-state index contributed by atoms with van der Waals surface area (Å²) in [6, 6.07) is 7.57. The van der Waals surface area contributed by atoms with Crippen LogP contribution in [0.3, 0.4) is 0 Å². The fourth-order valence-electron chi connectivity index (χ4n) is 1.24. The number of anilines is 2. The van der Waals surface area contributed by atoms with Crippen LogP contribution in [0.1, 0.15) is 0 Å². The van der Waals surface area contributed by atoms with Crippen molar-refractivity contribution < 1.29 is 4.39 Å². The van der Waals surface area contributed by atoms with E-state index in [0.717, 1.165) is 16.8 Å². The molecule has 1 aromatic heterocycles. The highest BCUT2D eigenvalue weighted by Gasteiger charge is 2.05. The van der Waals surface area contributed by atoms with Gasteiger partial charge in [-0.3, -0.25) is 0 Å². The number of nitrogens with one attached hydrogen (secondary N) is 1. The Morgan fingerprint density at radius 3 is 2.65 bits per heavy atom. The van der Waals surface area contributed by atoms with E-state index in [1.165, 1.54) is 0 Å². The Kier molecular flexibility index (Phi) is 3.81.